The molecule has 0 amide bonds. The zero-order valence-electron chi connectivity index (χ0n) is 11.0. The number of nitrogens with zero attached hydrogens (tertiary/aromatic N) is 3. The van der Waals surface area contributed by atoms with Gasteiger partial charge in [-0.1, -0.05) is 30.3 Å². The molecule has 3 rings (SSSR count). The molecular weight excluding hydrogens is 254 g/mol. The van der Waals surface area contributed by atoms with Crippen molar-refractivity contribution >= 4 is 11.6 Å². The largest absolute Gasteiger partial charge is 0.461 e. The number of imidazole rings is 1. The molecule has 1 aromatic carbocycles. The van der Waals surface area contributed by atoms with Gasteiger partial charge in [-0.05, 0) is 6.92 Å². The third-order valence-electron chi connectivity index (χ3n) is 2.91. The van der Waals surface area contributed by atoms with Gasteiger partial charge >= 0.3 is 5.97 Å². The van der Waals surface area contributed by atoms with Gasteiger partial charge in [0.1, 0.15) is 5.69 Å². The molecule has 5 heteroatoms. The van der Waals surface area contributed by atoms with Crippen molar-refractivity contribution in [2.75, 3.05) is 6.61 Å². The van der Waals surface area contributed by atoms with Crippen LogP contribution in [0, 0.1) is 0 Å². The maximum atomic E-state index is 11.7. The number of fused-ring (bicyclic) bond motifs is 1. The lowest BCUT2D eigenvalue weighted by atomic mass is 10.1. The third-order valence-corrected chi connectivity index (χ3v) is 2.91. The van der Waals surface area contributed by atoms with Crippen LogP contribution < -0.4 is 0 Å². The van der Waals surface area contributed by atoms with E-state index >= 15 is 0 Å². The molecule has 0 unspecified atom stereocenters. The fourth-order valence-electron chi connectivity index (χ4n) is 2.02. The van der Waals surface area contributed by atoms with E-state index < -0.39 is 5.97 Å². The number of carbonyl (C=O) groups excluding carboxylic acids is 1. The van der Waals surface area contributed by atoms with E-state index in [0.29, 0.717) is 12.3 Å². The molecule has 0 saturated heterocycles. The number of carbonyl (C=O) groups is 1. The van der Waals surface area contributed by atoms with Crippen molar-refractivity contribution in [3.8, 4) is 11.3 Å². The molecular formula is C15H13N3O2. The summed E-state index contributed by atoms with van der Waals surface area (Å²) in [6.07, 6.45) is 5.10. The minimum absolute atomic E-state index is 0.289. The molecule has 3 aromatic rings. The van der Waals surface area contributed by atoms with E-state index in [9.17, 15) is 4.79 Å². The monoisotopic (exact) mass is 267 g/mol. The first-order valence-electron chi connectivity index (χ1n) is 6.36. The van der Waals surface area contributed by atoms with E-state index in [2.05, 4.69) is 9.97 Å². The maximum absolute atomic E-state index is 11.7. The Labute approximate surface area is 115 Å². The van der Waals surface area contributed by atoms with Gasteiger partial charge < -0.3 is 9.14 Å². The molecule has 0 N–H and O–H groups in total. The van der Waals surface area contributed by atoms with Gasteiger partial charge in [-0.3, -0.25) is 4.98 Å². The molecule has 0 saturated carbocycles. The summed E-state index contributed by atoms with van der Waals surface area (Å²) in [5.41, 5.74) is 2.63. The molecule has 0 atom stereocenters. The van der Waals surface area contributed by atoms with Crippen LogP contribution in [0.15, 0.2) is 48.9 Å². The highest BCUT2D eigenvalue weighted by molar-refractivity contribution is 5.89. The lowest BCUT2D eigenvalue weighted by molar-refractivity contribution is 0.0520. The minimum Gasteiger partial charge on any atom is -0.461 e. The van der Waals surface area contributed by atoms with Crippen LogP contribution in [0.3, 0.4) is 0 Å². The van der Waals surface area contributed by atoms with Crippen LogP contribution in [0.25, 0.3) is 16.9 Å². The molecule has 5 nitrogen and oxygen atoms in total. The van der Waals surface area contributed by atoms with Crippen LogP contribution >= 0.6 is 0 Å². The number of aromatic nitrogens is 3. The third kappa shape index (κ3) is 2.14. The Kier molecular flexibility index (Phi) is 3.16. The van der Waals surface area contributed by atoms with Crippen molar-refractivity contribution in [1.29, 1.82) is 0 Å². The van der Waals surface area contributed by atoms with E-state index in [1.807, 2.05) is 30.3 Å². The molecule has 2 aromatic heterocycles. The van der Waals surface area contributed by atoms with Crippen molar-refractivity contribution in [2.45, 2.75) is 6.92 Å². The standard InChI is InChI=1S/C15H13N3O2/c1-2-20-15(19)12-10-18-9-8-16-13(14(18)17-12)11-6-4-3-5-7-11/h3-10H,2H2,1H3. The molecule has 0 radical (unpaired) electrons. The van der Waals surface area contributed by atoms with Crippen LogP contribution in [-0.2, 0) is 4.74 Å². The zero-order valence-corrected chi connectivity index (χ0v) is 11.0. The van der Waals surface area contributed by atoms with Crippen molar-refractivity contribution < 1.29 is 9.53 Å². The Balaban J connectivity index is 2.13. The van der Waals surface area contributed by atoms with Crippen molar-refractivity contribution in [3.05, 3.63) is 54.6 Å². The Hall–Kier alpha value is -2.69. The molecule has 0 aliphatic rings. The molecule has 0 aliphatic heterocycles. The topological polar surface area (TPSA) is 56.5 Å². The molecule has 20 heavy (non-hydrogen) atoms. The fourth-order valence-corrected chi connectivity index (χ4v) is 2.02. The van der Waals surface area contributed by atoms with Gasteiger partial charge in [0.15, 0.2) is 11.3 Å². The molecule has 0 bridgehead atoms. The first-order valence-corrected chi connectivity index (χ1v) is 6.36. The van der Waals surface area contributed by atoms with Crippen LogP contribution in [0.2, 0.25) is 0 Å². The number of hydrogen-bond acceptors (Lipinski definition) is 4. The van der Waals surface area contributed by atoms with E-state index in [1.165, 1.54) is 0 Å². The Bertz CT molecular complexity index is 750. The summed E-state index contributed by atoms with van der Waals surface area (Å²) >= 11 is 0. The van der Waals surface area contributed by atoms with Crippen LogP contribution in [0.4, 0.5) is 0 Å². The second kappa shape index (κ2) is 5.13. The summed E-state index contributed by atoms with van der Waals surface area (Å²) in [5, 5.41) is 0. The van der Waals surface area contributed by atoms with Crippen molar-refractivity contribution in [3.63, 3.8) is 0 Å². The van der Waals surface area contributed by atoms with Gasteiger partial charge in [-0.25, -0.2) is 9.78 Å². The number of esters is 1. The van der Waals surface area contributed by atoms with Crippen LogP contribution in [0.5, 0.6) is 0 Å². The highest BCUT2D eigenvalue weighted by Crippen LogP contribution is 2.21. The zero-order chi connectivity index (χ0) is 13.9. The summed E-state index contributed by atoms with van der Waals surface area (Å²) < 4.78 is 6.75. The first kappa shape index (κ1) is 12.3. The molecule has 100 valence electrons. The fraction of sp³-hybridized carbons (Fsp3) is 0.133. The summed E-state index contributed by atoms with van der Waals surface area (Å²) in [5.74, 6) is -0.421. The van der Waals surface area contributed by atoms with Crippen LogP contribution in [-0.4, -0.2) is 26.9 Å². The average Bonchev–Trinajstić information content (AvgIpc) is 2.92. The second-order valence-corrected chi connectivity index (χ2v) is 4.22. The van der Waals surface area contributed by atoms with E-state index in [1.54, 1.807) is 29.9 Å². The summed E-state index contributed by atoms with van der Waals surface area (Å²) in [4.78, 5) is 20.4. The minimum atomic E-state index is -0.421. The Morgan fingerprint density at radius 1 is 1.30 bits per heavy atom. The highest BCUT2D eigenvalue weighted by atomic mass is 16.5. The molecule has 0 fully saturated rings. The number of ether oxygens (including phenoxy) is 1. The predicted molar refractivity (Wildman–Crippen MR) is 74.4 cm³/mol. The van der Waals surface area contributed by atoms with Gasteiger partial charge in [0.25, 0.3) is 0 Å². The normalized spacial score (nSPS) is 10.7. The Morgan fingerprint density at radius 2 is 2.10 bits per heavy atom. The average molecular weight is 267 g/mol. The molecule has 0 spiro atoms. The number of hydrogen-bond donors (Lipinski definition) is 0. The van der Waals surface area contributed by atoms with E-state index in [4.69, 9.17) is 4.74 Å². The predicted octanol–water partition coefficient (Wildman–Crippen LogP) is 2.57. The van der Waals surface area contributed by atoms with Gasteiger partial charge in [0.2, 0.25) is 0 Å². The Morgan fingerprint density at radius 3 is 2.85 bits per heavy atom. The maximum Gasteiger partial charge on any atom is 0.358 e. The number of benzene rings is 1. The van der Waals surface area contributed by atoms with Crippen molar-refractivity contribution in [2.24, 2.45) is 0 Å². The first-order chi connectivity index (χ1) is 9.79. The van der Waals surface area contributed by atoms with E-state index in [-0.39, 0.29) is 5.69 Å². The van der Waals surface area contributed by atoms with E-state index in [0.717, 1.165) is 11.3 Å². The highest BCUT2D eigenvalue weighted by Gasteiger charge is 2.14. The second-order valence-electron chi connectivity index (χ2n) is 4.22. The smallest absolute Gasteiger partial charge is 0.358 e. The van der Waals surface area contributed by atoms with Crippen LogP contribution in [0.1, 0.15) is 17.4 Å². The lowest BCUT2D eigenvalue weighted by Gasteiger charge is -2.01. The SMILES string of the molecule is CCOC(=O)c1cn2ccnc(-c3ccccc3)c2n1. The summed E-state index contributed by atoms with van der Waals surface area (Å²) in [6.45, 7) is 2.10. The molecule has 0 aliphatic carbocycles. The lowest BCUT2D eigenvalue weighted by Crippen LogP contribution is -2.04. The molecule has 2 heterocycles. The van der Waals surface area contributed by atoms with Crippen molar-refractivity contribution in [1.82, 2.24) is 14.4 Å². The quantitative estimate of drug-likeness (QED) is 0.684. The van der Waals surface area contributed by atoms with Gasteiger partial charge in [0, 0.05) is 24.2 Å². The number of rotatable bonds is 3. The van der Waals surface area contributed by atoms with Gasteiger partial charge in [-0.15, -0.1) is 0 Å². The summed E-state index contributed by atoms with van der Waals surface area (Å²) in [7, 11) is 0. The van der Waals surface area contributed by atoms with Gasteiger partial charge in [-0.2, -0.15) is 0 Å². The summed E-state index contributed by atoms with van der Waals surface area (Å²) in [6, 6.07) is 9.74. The van der Waals surface area contributed by atoms with Gasteiger partial charge in [0.05, 0.1) is 6.61 Å².